The highest BCUT2D eigenvalue weighted by molar-refractivity contribution is 5.96. The Kier molecular flexibility index (Phi) is 53.7. The second-order valence-electron chi connectivity index (χ2n) is 42.8. The highest BCUT2D eigenvalue weighted by Crippen LogP contribution is 2.45. The van der Waals surface area contributed by atoms with Crippen LogP contribution in [0.15, 0.2) is 182 Å². The van der Waals surface area contributed by atoms with Crippen molar-refractivity contribution >= 4 is 11.8 Å². The van der Waals surface area contributed by atoms with Gasteiger partial charge in [-0.05, 0) is 211 Å². The molecule has 2 aliphatic rings. The molecule has 12 nitrogen and oxygen atoms in total. The van der Waals surface area contributed by atoms with Gasteiger partial charge in [0.05, 0.1) is 52.9 Å². The maximum absolute atomic E-state index is 14.9. The number of hydrogen-bond acceptors (Lipinski definition) is 10. The molecule has 0 spiro atoms. The summed E-state index contributed by atoms with van der Waals surface area (Å²) in [4.78, 5) is 29.8. The first kappa shape index (κ1) is 116. The van der Waals surface area contributed by atoms with Gasteiger partial charge >= 0.3 is 0 Å². The van der Waals surface area contributed by atoms with E-state index in [0.29, 0.717) is 128 Å². The summed E-state index contributed by atoms with van der Waals surface area (Å²) >= 11 is 0. The Hall–Kier alpha value is -10.5. The third-order valence-electron chi connectivity index (χ3n) is 30.2. The normalized spacial score (nSPS) is 12.2. The van der Waals surface area contributed by atoms with Gasteiger partial charge in [-0.15, -0.1) is 0 Å². The first-order chi connectivity index (χ1) is 73.0. The number of rotatable bonds is 71. The smallest absolute Gasteiger partial charge is 0.251 e. The van der Waals surface area contributed by atoms with E-state index < -0.39 is 0 Å². The maximum atomic E-state index is 14.9. The van der Waals surface area contributed by atoms with Gasteiger partial charge in [-0.3, -0.25) is 9.59 Å². The van der Waals surface area contributed by atoms with Crippen LogP contribution in [0.5, 0.6) is 46.0 Å². The summed E-state index contributed by atoms with van der Waals surface area (Å²) in [6.45, 7) is 23.9. The molecule has 12 rings (SSSR count). The first-order valence-corrected chi connectivity index (χ1v) is 59.7. The van der Waals surface area contributed by atoms with E-state index in [4.69, 9.17) is 37.9 Å². The zero-order valence-electron chi connectivity index (χ0n) is 93.1. The van der Waals surface area contributed by atoms with Gasteiger partial charge in [-0.2, -0.15) is 0 Å². The summed E-state index contributed by atoms with van der Waals surface area (Å²) in [5.41, 5.74) is 23.0. The Morgan fingerprint density at radius 3 is 0.486 bits per heavy atom. The average molecular weight is 2010 g/mol. The van der Waals surface area contributed by atoms with E-state index >= 15 is 0 Å². The van der Waals surface area contributed by atoms with Crippen molar-refractivity contribution in [2.75, 3.05) is 52.9 Å². The fraction of sp³-hybridized carbons (Fsp3) is 0.544. The fourth-order valence-electron chi connectivity index (χ4n) is 21.7. The van der Waals surface area contributed by atoms with Gasteiger partial charge in [0.1, 0.15) is 46.0 Å². The predicted molar refractivity (Wildman–Crippen MR) is 619 cm³/mol. The highest BCUT2D eigenvalue weighted by Gasteiger charge is 2.28. The van der Waals surface area contributed by atoms with Crippen LogP contribution in [0.1, 0.15) is 484 Å². The van der Waals surface area contributed by atoms with Gasteiger partial charge in [0.15, 0.2) is 0 Å². The molecular formula is C136H188N2O10. The Bertz CT molecular complexity index is 4910. The van der Waals surface area contributed by atoms with E-state index in [1.807, 2.05) is 48.5 Å². The lowest BCUT2D eigenvalue weighted by molar-refractivity contribution is 0.0943. The molecule has 0 heterocycles. The third-order valence-corrected chi connectivity index (χ3v) is 30.2. The summed E-state index contributed by atoms with van der Waals surface area (Å²) < 4.78 is 57.8. The molecule has 0 saturated carbocycles. The van der Waals surface area contributed by atoms with Crippen molar-refractivity contribution in [3.63, 3.8) is 0 Å². The number of carbonyl (C=O) groups is 2. The Morgan fingerprint density at radius 1 is 0.182 bits per heavy atom. The fourth-order valence-corrected chi connectivity index (χ4v) is 21.7. The molecule has 0 unspecified atom stereocenters. The number of ether oxygens (including phenoxy) is 8. The number of fused-ring (bicyclic) bond motifs is 16. The molecule has 10 aromatic carbocycles. The Labute approximate surface area is 895 Å². The average Bonchev–Trinajstić information content (AvgIpc) is 0.782. The molecule has 2 amide bonds. The van der Waals surface area contributed by atoms with E-state index in [1.165, 1.54) is 228 Å². The zero-order chi connectivity index (χ0) is 103. The van der Waals surface area contributed by atoms with Crippen molar-refractivity contribution in [2.24, 2.45) is 0 Å². The Morgan fingerprint density at radius 2 is 0.324 bits per heavy atom. The molecule has 0 aliphatic heterocycles. The summed E-state index contributed by atoms with van der Waals surface area (Å²) in [6.07, 6.45) is 61.2. The maximum Gasteiger partial charge on any atom is 0.251 e. The quantitative estimate of drug-likeness (QED) is 0.0355. The molecule has 0 radical (unpaired) electrons. The molecule has 2 N–H and O–H groups in total. The number of para-hydroxylation sites is 6. The van der Waals surface area contributed by atoms with Crippen LogP contribution in [0.4, 0.5) is 0 Å². The van der Waals surface area contributed by atoms with Gasteiger partial charge in [0.25, 0.3) is 11.8 Å². The van der Waals surface area contributed by atoms with Crippen LogP contribution in [-0.2, 0) is 64.5 Å². The van der Waals surface area contributed by atoms with E-state index in [9.17, 15) is 9.59 Å². The van der Waals surface area contributed by atoms with Gasteiger partial charge in [-0.25, -0.2) is 0 Å². The van der Waals surface area contributed by atoms with Crippen molar-refractivity contribution in [3.8, 4) is 57.1 Å². The zero-order valence-corrected chi connectivity index (χ0v) is 93.1. The molecule has 10 aromatic rings. The highest BCUT2D eigenvalue weighted by atomic mass is 16.5. The summed E-state index contributed by atoms with van der Waals surface area (Å²) in [7, 11) is 0. The summed E-state index contributed by atoms with van der Waals surface area (Å²) in [5.74, 6) is 7.23. The second kappa shape index (κ2) is 68.4. The Balaban J connectivity index is 0.838. The van der Waals surface area contributed by atoms with E-state index in [-0.39, 0.29) is 11.8 Å². The molecule has 0 saturated heterocycles. The van der Waals surface area contributed by atoms with Crippen LogP contribution >= 0.6 is 0 Å². The molecule has 0 aromatic heterocycles. The van der Waals surface area contributed by atoms with Crippen LogP contribution in [0.25, 0.3) is 11.1 Å². The van der Waals surface area contributed by atoms with Crippen molar-refractivity contribution in [1.29, 1.82) is 0 Å². The largest absolute Gasteiger partial charge is 0.493 e. The number of unbranched alkanes of at least 4 members (excludes halogenated alkanes) is 40. The van der Waals surface area contributed by atoms with Crippen LogP contribution in [-0.4, -0.2) is 64.7 Å². The summed E-state index contributed by atoms with van der Waals surface area (Å²) in [5, 5.41) is 6.83. The number of benzene rings is 10. The molecule has 12 heteroatoms. The number of carbonyl (C=O) groups excluding carboxylic acids is 2. The minimum atomic E-state index is -0.164. The lowest BCUT2D eigenvalue weighted by Gasteiger charge is -2.23. The van der Waals surface area contributed by atoms with Gasteiger partial charge in [0.2, 0.25) is 0 Å². The lowest BCUT2D eigenvalue weighted by atomic mass is 9.90. The van der Waals surface area contributed by atoms with E-state index in [1.54, 1.807) is 0 Å². The van der Waals surface area contributed by atoms with Crippen molar-refractivity contribution in [2.45, 2.75) is 428 Å². The van der Waals surface area contributed by atoms with Crippen LogP contribution < -0.4 is 48.5 Å². The minimum absolute atomic E-state index is 0.164. The van der Waals surface area contributed by atoms with E-state index in [2.05, 4.69) is 199 Å². The lowest BCUT2D eigenvalue weighted by Crippen LogP contribution is -2.23. The molecular weight excluding hydrogens is 1820 g/mol. The SMILES string of the molecule is CCCCCCCCOc1c2cccc1Cc1cccc(c1OCCCCCCCC)Cc1cc(CNC(=O)c3ccc(-c4ccc(C(=O)NCc5cc6c(OCCCCCCCC)c(c5)Cc5cccc(c5OCCCCCCCC)Cc5cccc(c5OCCCCCCCC)Cc5cccc(c5OCCCCCCCC)C6)cc4)cc3)cc(c1OCCCCCCCC)Cc1cccc(c1OCCCCCCCC)C2. The number of amides is 2. The molecule has 148 heavy (non-hydrogen) atoms. The van der Waals surface area contributed by atoms with Crippen LogP contribution in [0.3, 0.4) is 0 Å². The van der Waals surface area contributed by atoms with Crippen LogP contribution in [0, 0.1) is 0 Å². The predicted octanol–water partition coefficient (Wildman–Crippen LogP) is 36.5. The topological polar surface area (TPSA) is 132 Å². The number of nitrogens with one attached hydrogen (secondary N) is 2. The summed E-state index contributed by atoms with van der Waals surface area (Å²) in [6, 6.07) is 65.5. The molecule has 802 valence electrons. The standard InChI is InChI=1S/C136H188N2O10/c1-9-17-25-33-41-49-83-141-127-111-63-57-64-112(127)96-116-68-60-72-120(130(116)144-86-52-44-36-28-20-12-4)100-124-92-105(91-123(133(124)147-89-55-47-39-31-23-15-7)99-119-71-59-67-115(95-111)129(119)143-85-51-43-35-27-19-11-3)103-137-135(139)109-79-75-107(76-80-109)108-77-81-110(82-78-108)136(140)138-104-106-93-125-101-121-73-61-69-117(131(121)145-87-53-45-37-29-21-13-5)97-113-65-58-66-114(128(113)142-84-50-42-34-26-18-10-2)98-118-70-62-74-122(132(118)146-88-54-46-38-30-22-14-6)102-126(94-106)134(125)148-90-56-48-40-32-24-16-8/h57-82,91-94H,9-56,83-90,95-104H2,1-8H3,(H,137,139)(H,138,140). The van der Waals surface area contributed by atoms with Crippen molar-refractivity contribution in [3.05, 3.63) is 293 Å². The molecule has 2 aliphatic carbocycles. The first-order valence-electron chi connectivity index (χ1n) is 59.7. The second-order valence-corrected chi connectivity index (χ2v) is 42.8. The molecule has 0 atom stereocenters. The van der Waals surface area contributed by atoms with Gasteiger partial charge in [0, 0.05) is 75.6 Å². The minimum Gasteiger partial charge on any atom is -0.493 e. The van der Waals surface area contributed by atoms with Crippen molar-refractivity contribution in [1.82, 2.24) is 10.6 Å². The third kappa shape index (κ3) is 38.8. The monoisotopic (exact) mass is 2010 g/mol. The van der Waals surface area contributed by atoms with Gasteiger partial charge < -0.3 is 48.5 Å². The van der Waals surface area contributed by atoms with Gasteiger partial charge in [-0.1, -0.05) is 446 Å². The number of hydrogen-bond donors (Lipinski definition) is 2. The van der Waals surface area contributed by atoms with Crippen molar-refractivity contribution < 1.29 is 47.5 Å². The van der Waals surface area contributed by atoms with E-state index in [0.717, 1.165) is 238 Å². The molecule has 0 fully saturated rings. The van der Waals surface area contributed by atoms with Crippen LogP contribution in [0.2, 0.25) is 0 Å². The molecule has 16 bridgehead atoms.